The molecule has 3 N–H and O–H groups in total. The molecular weight excluding hydrogens is 366 g/mol. The third kappa shape index (κ3) is 5.04. The largest absolute Gasteiger partial charge is 0.463 e. The average Bonchev–Trinajstić information content (AvgIpc) is 3.30. The minimum absolute atomic E-state index is 0.0448. The third-order valence-electron chi connectivity index (χ3n) is 5.07. The molecule has 6 nitrogen and oxygen atoms in total. The van der Waals surface area contributed by atoms with E-state index in [2.05, 4.69) is 10.2 Å². The zero-order valence-corrected chi connectivity index (χ0v) is 16.3. The fraction of sp³-hybridized carbons (Fsp3) is 0.261. The lowest BCUT2D eigenvalue weighted by molar-refractivity contribution is -0.678. The smallest absolute Gasteiger partial charge is 0.279 e. The molecule has 1 fully saturated rings. The monoisotopic (exact) mass is 392 g/mol. The van der Waals surface area contributed by atoms with E-state index in [1.165, 1.54) is 0 Å². The number of nitrogens with one attached hydrogen (secondary N) is 1. The van der Waals surface area contributed by atoms with Gasteiger partial charge < -0.3 is 24.7 Å². The van der Waals surface area contributed by atoms with Crippen LogP contribution >= 0.6 is 0 Å². The van der Waals surface area contributed by atoms with Crippen LogP contribution in [0.5, 0.6) is 0 Å². The minimum atomic E-state index is -0.0550. The number of amides is 1. The average molecular weight is 392 g/mol. The molecule has 0 saturated carbocycles. The van der Waals surface area contributed by atoms with Gasteiger partial charge in [-0.15, -0.1) is 0 Å². The number of anilines is 2. The molecule has 29 heavy (non-hydrogen) atoms. The number of benzene rings is 2. The van der Waals surface area contributed by atoms with Crippen LogP contribution in [0, 0.1) is 0 Å². The van der Waals surface area contributed by atoms with Gasteiger partial charge in [0.1, 0.15) is 0 Å². The molecule has 1 amide bonds. The first-order valence-electron chi connectivity index (χ1n) is 9.94. The molecule has 150 valence electrons. The third-order valence-corrected chi connectivity index (χ3v) is 5.07. The summed E-state index contributed by atoms with van der Waals surface area (Å²) in [5.74, 6) is 0.787. The van der Waals surface area contributed by atoms with Crippen molar-refractivity contribution in [2.45, 2.75) is 6.04 Å². The molecule has 1 aromatic heterocycles. The Morgan fingerprint density at radius 3 is 2.45 bits per heavy atom. The molecule has 2 aromatic carbocycles. The summed E-state index contributed by atoms with van der Waals surface area (Å²) in [5.41, 5.74) is 3.06. The van der Waals surface area contributed by atoms with Crippen LogP contribution in [0.1, 0.15) is 17.4 Å². The van der Waals surface area contributed by atoms with Crippen LogP contribution in [0.25, 0.3) is 0 Å². The van der Waals surface area contributed by atoms with Gasteiger partial charge in [0.15, 0.2) is 18.3 Å². The number of carbonyl (C=O) groups excluding carboxylic acids is 1. The highest BCUT2D eigenvalue weighted by atomic mass is 16.5. The fourth-order valence-corrected chi connectivity index (χ4v) is 3.56. The summed E-state index contributed by atoms with van der Waals surface area (Å²) in [6.45, 7) is 3.60. The van der Waals surface area contributed by atoms with Gasteiger partial charge in [0, 0.05) is 30.0 Å². The summed E-state index contributed by atoms with van der Waals surface area (Å²) < 4.78 is 11.0. The number of morpholine rings is 1. The van der Waals surface area contributed by atoms with Crippen molar-refractivity contribution in [3.63, 3.8) is 0 Å². The van der Waals surface area contributed by atoms with Crippen molar-refractivity contribution in [3.05, 3.63) is 84.3 Å². The molecule has 0 radical (unpaired) electrons. The quantitative estimate of drug-likeness (QED) is 0.648. The number of hydrogen-bond donors (Lipinski definition) is 2. The maximum atomic E-state index is 12.5. The minimum Gasteiger partial charge on any atom is -0.463 e. The van der Waals surface area contributed by atoms with Gasteiger partial charge in [0.2, 0.25) is 0 Å². The summed E-state index contributed by atoms with van der Waals surface area (Å²) in [6, 6.07) is 21.8. The van der Waals surface area contributed by atoms with Crippen molar-refractivity contribution >= 4 is 17.3 Å². The molecular formula is C23H26N3O3+. The number of nitrogens with two attached hydrogens (primary N) is 1. The predicted molar refractivity (Wildman–Crippen MR) is 112 cm³/mol. The van der Waals surface area contributed by atoms with Crippen molar-refractivity contribution in [2.75, 3.05) is 43.1 Å². The maximum absolute atomic E-state index is 12.5. The van der Waals surface area contributed by atoms with Crippen LogP contribution in [-0.2, 0) is 9.53 Å². The Hall–Kier alpha value is -3.09. The molecule has 1 aliphatic rings. The summed E-state index contributed by atoms with van der Waals surface area (Å²) >= 11 is 0. The van der Waals surface area contributed by atoms with Gasteiger partial charge in [-0.25, -0.2) is 0 Å². The van der Waals surface area contributed by atoms with Crippen LogP contribution in [0.4, 0.5) is 11.4 Å². The topological polar surface area (TPSA) is 71.3 Å². The standard InChI is InChI=1S/C23H25N3O3/c27-22(25-19-8-10-20(11-9-19)26-12-15-28-16-13-26)17-24-23(21-7-4-14-29-21)18-5-2-1-3-6-18/h1-11,14,23-24H,12-13,15-17H2,(H,25,27)/p+1/t23-/m1/s1. The molecule has 3 aromatic rings. The number of rotatable bonds is 7. The first-order chi connectivity index (χ1) is 14.3. The van der Waals surface area contributed by atoms with Crippen molar-refractivity contribution in [3.8, 4) is 0 Å². The highest BCUT2D eigenvalue weighted by Gasteiger charge is 2.21. The number of ether oxygens (including phenoxy) is 1. The highest BCUT2D eigenvalue weighted by Crippen LogP contribution is 2.20. The Morgan fingerprint density at radius 2 is 1.76 bits per heavy atom. The summed E-state index contributed by atoms with van der Waals surface area (Å²) in [5, 5.41) is 4.97. The summed E-state index contributed by atoms with van der Waals surface area (Å²) in [7, 11) is 0. The Bertz CT molecular complexity index is 889. The molecule has 0 bridgehead atoms. The normalized spacial score (nSPS) is 15.1. The van der Waals surface area contributed by atoms with E-state index in [4.69, 9.17) is 9.15 Å². The molecule has 1 saturated heterocycles. The lowest BCUT2D eigenvalue weighted by atomic mass is 10.0. The van der Waals surface area contributed by atoms with Gasteiger partial charge in [0.25, 0.3) is 5.91 Å². The van der Waals surface area contributed by atoms with E-state index in [0.29, 0.717) is 6.54 Å². The molecule has 4 rings (SSSR count). The van der Waals surface area contributed by atoms with Crippen molar-refractivity contribution in [1.29, 1.82) is 0 Å². The van der Waals surface area contributed by atoms with E-state index in [9.17, 15) is 4.79 Å². The summed E-state index contributed by atoms with van der Waals surface area (Å²) in [6.07, 6.45) is 1.66. The Balaban J connectivity index is 1.35. The maximum Gasteiger partial charge on any atom is 0.279 e. The fourth-order valence-electron chi connectivity index (χ4n) is 3.56. The van der Waals surface area contributed by atoms with Crippen LogP contribution < -0.4 is 15.5 Å². The SMILES string of the molecule is O=C(C[NH2+][C@H](c1ccccc1)c1ccco1)Nc1ccc(N2CCOCC2)cc1. The lowest BCUT2D eigenvalue weighted by Gasteiger charge is -2.28. The second-order valence-electron chi connectivity index (χ2n) is 7.04. The second kappa shape index (κ2) is 9.41. The van der Waals surface area contributed by atoms with Crippen molar-refractivity contribution in [2.24, 2.45) is 0 Å². The van der Waals surface area contributed by atoms with Gasteiger partial charge in [-0.2, -0.15) is 0 Å². The van der Waals surface area contributed by atoms with Gasteiger partial charge in [-0.1, -0.05) is 30.3 Å². The van der Waals surface area contributed by atoms with Crippen LogP contribution in [0.3, 0.4) is 0 Å². The summed E-state index contributed by atoms with van der Waals surface area (Å²) in [4.78, 5) is 14.8. The number of nitrogens with zero attached hydrogens (tertiary/aromatic N) is 1. The van der Waals surface area contributed by atoms with Gasteiger partial charge in [0.05, 0.1) is 19.5 Å². The lowest BCUT2D eigenvalue weighted by Crippen LogP contribution is -2.87. The molecule has 6 heteroatoms. The Labute approximate surface area is 170 Å². The number of quaternary nitrogens is 1. The molecule has 0 unspecified atom stereocenters. The zero-order valence-electron chi connectivity index (χ0n) is 16.3. The molecule has 2 heterocycles. The first-order valence-corrected chi connectivity index (χ1v) is 9.94. The van der Waals surface area contributed by atoms with Gasteiger partial charge >= 0.3 is 0 Å². The molecule has 1 atom stereocenters. The van der Waals surface area contributed by atoms with E-state index in [1.54, 1.807) is 6.26 Å². The van der Waals surface area contributed by atoms with E-state index >= 15 is 0 Å². The molecule has 1 aliphatic heterocycles. The van der Waals surface area contributed by atoms with Gasteiger partial charge in [-0.3, -0.25) is 4.79 Å². The number of carbonyl (C=O) groups is 1. The highest BCUT2D eigenvalue weighted by molar-refractivity contribution is 5.91. The van der Waals surface area contributed by atoms with E-state index in [1.807, 2.05) is 72.0 Å². The molecule has 0 spiro atoms. The van der Waals surface area contributed by atoms with Crippen LogP contribution in [0.2, 0.25) is 0 Å². The number of furan rings is 1. The number of hydrogen-bond acceptors (Lipinski definition) is 4. The van der Waals surface area contributed by atoms with Gasteiger partial charge in [-0.05, 0) is 36.4 Å². The second-order valence-corrected chi connectivity index (χ2v) is 7.04. The van der Waals surface area contributed by atoms with Crippen LogP contribution in [0.15, 0.2) is 77.4 Å². The first kappa shape index (κ1) is 19.2. The predicted octanol–water partition coefficient (Wildman–Crippen LogP) is 2.41. The Kier molecular flexibility index (Phi) is 6.24. The molecule has 0 aliphatic carbocycles. The van der Waals surface area contributed by atoms with Crippen molar-refractivity contribution in [1.82, 2.24) is 0 Å². The van der Waals surface area contributed by atoms with Crippen LogP contribution in [-0.4, -0.2) is 38.8 Å². The Morgan fingerprint density at radius 1 is 1.00 bits per heavy atom. The van der Waals surface area contributed by atoms with E-state index in [-0.39, 0.29) is 11.9 Å². The van der Waals surface area contributed by atoms with E-state index < -0.39 is 0 Å². The van der Waals surface area contributed by atoms with Crippen molar-refractivity contribution < 1.29 is 19.3 Å². The zero-order chi connectivity index (χ0) is 19.9. The van der Waals surface area contributed by atoms with E-state index in [0.717, 1.165) is 49.0 Å².